The molecular formula is C11H9ClN2O4. The molecule has 2 N–H and O–H groups in total. The highest BCUT2D eigenvalue weighted by Crippen LogP contribution is 2.28. The number of anilines is 1. The van der Waals surface area contributed by atoms with Crippen LogP contribution in [0.15, 0.2) is 18.2 Å². The van der Waals surface area contributed by atoms with Gasteiger partial charge in [-0.1, -0.05) is 11.6 Å². The van der Waals surface area contributed by atoms with Crippen molar-refractivity contribution in [1.82, 2.24) is 0 Å². The van der Waals surface area contributed by atoms with Crippen LogP contribution in [0.1, 0.15) is 6.42 Å². The first-order chi connectivity index (χ1) is 8.45. The van der Waals surface area contributed by atoms with E-state index < -0.39 is 16.9 Å². The fourth-order valence-corrected chi connectivity index (χ4v) is 1.45. The minimum atomic E-state index is -1.18. The van der Waals surface area contributed by atoms with Gasteiger partial charge in [0.25, 0.3) is 5.69 Å². The molecule has 0 spiro atoms. The Kier molecular flexibility index (Phi) is 4.52. The number of nitro benzene ring substituents is 1. The summed E-state index contributed by atoms with van der Waals surface area (Å²) in [5.41, 5.74) is -0.238. The lowest BCUT2D eigenvalue weighted by molar-refractivity contribution is -0.384. The number of carbonyl (C=O) groups is 1. The molecule has 0 amide bonds. The number of hydrogen-bond acceptors (Lipinski definition) is 4. The Hall–Kier alpha value is -2.26. The van der Waals surface area contributed by atoms with Crippen molar-refractivity contribution >= 4 is 28.9 Å². The van der Waals surface area contributed by atoms with E-state index in [-0.39, 0.29) is 22.8 Å². The smallest absolute Gasteiger partial charge is 0.327 e. The zero-order valence-corrected chi connectivity index (χ0v) is 9.85. The maximum absolute atomic E-state index is 10.9. The number of rotatable bonds is 5. The van der Waals surface area contributed by atoms with Crippen molar-refractivity contribution in [3.05, 3.63) is 33.3 Å². The van der Waals surface area contributed by atoms with Gasteiger partial charge in [-0.25, -0.2) is 4.79 Å². The molecule has 0 saturated carbocycles. The Bertz CT molecular complexity index is 524. The van der Waals surface area contributed by atoms with Gasteiger partial charge in [0.05, 0.1) is 4.92 Å². The van der Waals surface area contributed by atoms with Crippen molar-refractivity contribution in [2.75, 3.05) is 5.32 Å². The molecule has 1 unspecified atom stereocenters. The number of terminal acetylenes is 1. The third-order valence-electron chi connectivity index (χ3n) is 2.11. The Morgan fingerprint density at radius 1 is 1.67 bits per heavy atom. The molecule has 6 nitrogen and oxygen atoms in total. The minimum absolute atomic E-state index is 0.0621. The average molecular weight is 269 g/mol. The molecule has 7 heteroatoms. The van der Waals surface area contributed by atoms with Gasteiger partial charge in [0.15, 0.2) is 0 Å². The number of aliphatic carboxylic acids is 1. The van der Waals surface area contributed by atoms with Crippen molar-refractivity contribution in [3.8, 4) is 12.3 Å². The van der Waals surface area contributed by atoms with Crippen molar-refractivity contribution < 1.29 is 14.8 Å². The van der Waals surface area contributed by atoms with Gasteiger partial charge in [0.2, 0.25) is 0 Å². The zero-order valence-electron chi connectivity index (χ0n) is 9.09. The molecule has 0 heterocycles. The van der Waals surface area contributed by atoms with Gasteiger partial charge < -0.3 is 10.4 Å². The highest BCUT2D eigenvalue weighted by molar-refractivity contribution is 6.30. The van der Waals surface area contributed by atoms with Gasteiger partial charge in [0, 0.05) is 17.5 Å². The van der Waals surface area contributed by atoms with Crippen molar-refractivity contribution in [3.63, 3.8) is 0 Å². The van der Waals surface area contributed by atoms with Gasteiger partial charge >= 0.3 is 5.97 Å². The van der Waals surface area contributed by atoms with Crippen LogP contribution >= 0.6 is 11.6 Å². The summed E-state index contributed by atoms with van der Waals surface area (Å²) in [5.74, 6) is 1.01. The van der Waals surface area contributed by atoms with Crippen LogP contribution in [0.2, 0.25) is 5.02 Å². The monoisotopic (exact) mass is 268 g/mol. The SMILES string of the molecule is C#CCC(Nc1ccc(Cl)cc1[N+](=O)[O-])C(=O)O. The van der Waals surface area contributed by atoms with E-state index in [4.69, 9.17) is 23.1 Å². The average Bonchev–Trinajstić information content (AvgIpc) is 2.30. The predicted octanol–water partition coefficient (Wildman–Crippen LogP) is 2.14. The minimum Gasteiger partial charge on any atom is -0.480 e. The summed E-state index contributed by atoms with van der Waals surface area (Å²) in [6.45, 7) is 0. The Balaban J connectivity index is 3.06. The molecule has 1 rings (SSSR count). The molecule has 1 atom stereocenters. The molecule has 94 valence electrons. The second-order valence-electron chi connectivity index (χ2n) is 3.36. The first kappa shape index (κ1) is 13.8. The number of nitrogens with one attached hydrogen (secondary N) is 1. The number of halogens is 1. The van der Waals surface area contributed by atoms with Crippen molar-refractivity contribution in [1.29, 1.82) is 0 Å². The highest BCUT2D eigenvalue weighted by atomic mass is 35.5. The predicted molar refractivity (Wildman–Crippen MR) is 66.6 cm³/mol. The van der Waals surface area contributed by atoms with Crippen LogP contribution in [0.4, 0.5) is 11.4 Å². The summed E-state index contributed by atoms with van der Waals surface area (Å²) < 4.78 is 0. The maximum Gasteiger partial charge on any atom is 0.327 e. The van der Waals surface area contributed by atoms with E-state index in [1.165, 1.54) is 12.1 Å². The number of carboxylic acid groups (broad SMARTS) is 1. The van der Waals surface area contributed by atoms with E-state index in [1.807, 2.05) is 0 Å². The summed E-state index contributed by atoms with van der Waals surface area (Å²) in [6.07, 6.45) is 4.95. The van der Waals surface area contributed by atoms with E-state index in [0.717, 1.165) is 6.07 Å². The van der Waals surface area contributed by atoms with Crippen LogP contribution in [-0.4, -0.2) is 22.0 Å². The number of nitrogens with zero attached hydrogens (tertiary/aromatic N) is 1. The standard InChI is InChI=1S/C11H9ClN2O4/c1-2-3-9(11(15)16)13-8-5-4-7(12)6-10(8)14(17)18/h1,4-6,9,13H,3H2,(H,15,16). The fourth-order valence-electron chi connectivity index (χ4n) is 1.28. The quantitative estimate of drug-likeness (QED) is 0.485. The van der Waals surface area contributed by atoms with Crippen molar-refractivity contribution in [2.45, 2.75) is 12.5 Å². The molecular weight excluding hydrogens is 260 g/mol. The lowest BCUT2D eigenvalue weighted by Gasteiger charge is -2.13. The van der Waals surface area contributed by atoms with Crippen LogP contribution < -0.4 is 5.32 Å². The number of carboxylic acids is 1. The molecule has 0 fully saturated rings. The first-order valence-corrected chi connectivity index (χ1v) is 5.20. The van der Waals surface area contributed by atoms with Gasteiger partial charge in [0.1, 0.15) is 11.7 Å². The van der Waals surface area contributed by atoms with Crippen molar-refractivity contribution in [2.24, 2.45) is 0 Å². The molecule has 0 saturated heterocycles. The van der Waals surface area contributed by atoms with Gasteiger partial charge in [-0.3, -0.25) is 10.1 Å². The summed E-state index contributed by atoms with van der Waals surface area (Å²) in [4.78, 5) is 21.0. The molecule has 0 bridgehead atoms. The van der Waals surface area contributed by atoms with Gasteiger partial charge in [-0.05, 0) is 12.1 Å². The van der Waals surface area contributed by atoms with Gasteiger partial charge in [-0.15, -0.1) is 12.3 Å². The third-order valence-corrected chi connectivity index (χ3v) is 2.34. The number of hydrogen-bond donors (Lipinski definition) is 2. The largest absolute Gasteiger partial charge is 0.480 e. The first-order valence-electron chi connectivity index (χ1n) is 4.82. The van der Waals surface area contributed by atoms with Gasteiger partial charge in [-0.2, -0.15) is 0 Å². The van der Waals surface area contributed by atoms with E-state index in [9.17, 15) is 14.9 Å². The zero-order chi connectivity index (χ0) is 13.7. The molecule has 0 aliphatic carbocycles. The van der Waals surface area contributed by atoms with Crippen LogP contribution in [0.3, 0.4) is 0 Å². The van der Waals surface area contributed by atoms with Crippen LogP contribution in [0.25, 0.3) is 0 Å². The molecule has 0 aliphatic heterocycles. The second-order valence-corrected chi connectivity index (χ2v) is 3.80. The summed E-state index contributed by atoms with van der Waals surface area (Å²) in [7, 11) is 0. The lowest BCUT2D eigenvalue weighted by atomic mass is 10.2. The van der Waals surface area contributed by atoms with Crippen LogP contribution in [-0.2, 0) is 4.79 Å². The van der Waals surface area contributed by atoms with E-state index in [1.54, 1.807) is 0 Å². The molecule has 18 heavy (non-hydrogen) atoms. The third kappa shape index (κ3) is 3.37. The number of benzene rings is 1. The number of nitro groups is 1. The van der Waals surface area contributed by atoms with Crippen LogP contribution in [0, 0.1) is 22.5 Å². The Morgan fingerprint density at radius 3 is 2.83 bits per heavy atom. The molecule has 0 aromatic heterocycles. The highest BCUT2D eigenvalue weighted by Gasteiger charge is 2.21. The molecule has 0 radical (unpaired) electrons. The maximum atomic E-state index is 10.9. The van der Waals surface area contributed by atoms with E-state index in [0.29, 0.717) is 0 Å². The lowest BCUT2D eigenvalue weighted by Crippen LogP contribution is -2.29. The van der Waals surface area contributed by atoms with E-state index in [2.05, 4.69) is 11.2 Å². The van der Waals surface area contributed by atoms with Crippen LogP contribution in [0.5, 0.6) is 0 Å². The summed E-state index contributed by atoms with van der Waals surface area (Å²) in [6, 6.07) is 2.81. The Labute approximate surface area is 108 Å². The normalized spacial score (nSPS) is 11.3. The summed E-state index contributed by atoms with van der Waals surface area (Å²) in [5, 5.41) is 22.4. The second kappa shape index (κ2) is 5.89. The molecule has 1 aromatic carbocycles. The van der Waals surface area contributed by atoms with E-state index >= 15 is 0 Å². The molecule has 0 aliphatic rings. The Morgan fingerprint density at radius 2 is 2.33 bits per heavy atom. The topological polar surface area (TPSA) is 92.5 Å². The summed E-state index contributed by atoms with van der Waals surface area (Å²) >= 11 is 5.64. The molecule has 1 aromatic rings. The fraction of sp³-hybridized carbons (Fsp3) is 0.182.